The highest BCUT2D eigenvalue weighted by Gasteiger charge is 2.18. The third kappa shape index (κ3) is 5.95. The van der Waals surface area contributed by atoms with Gasteiger partial charge in [0.2, 0.25) is 15.9 Å². The van der Waals surface area contributed by atoms with Gasteiger partial charge in [0.05, 0.1) is 6.26 Å². The van der Waals surface area contributed by atoms with Gasteiger partial charge in [0.25, 0.3) is 0 Å². The van der Waals surface area contributed by atoms with Crippen molar-refractivity contribution >= 4 is 21.6 Å². The fourth-order valence-electron chi connectivity index (χ4n) is 2.45. The summed E-state index contributed by atoms with van der Waals surface area (Å²) in [5.41, 5.74) is 3.62. The number of hydrogen-bond donors (Lipinski definition) is 1. The van der Waals surface area contributed by atoms with E-state index in [-0.39, 0.29) is 25.4 Å². The highest BCUT2D eigenvalue weighted by molar-refractivity contribution is 7.88. The molecule has 0 aliphatic rings. The second-order valence-corrected chi connectivity index (χ2v) is 8.06. The molecule has 0 bridgehead atoms. The van der Waals surface area contributed by atoms with Crippen molar-refractivity contribution in [3.8, 4) is 0 Å². The van der Waals surface area contributed by atoms with Crippen LogP contribution in [-0.4, -0.2) is 36.4 Å². The van der Waals surface area contributed by atoms with Gasteiger partial charge in [-0.15, -0.1) is 0 Å². The summed E-state index contributed by atoms with van der Waals surface area (Å²) in [4.78, 5) is 16.2. The van der Waals surface area contributed by atoms with Crippen LogP contribution in [0.5, 0.6) is 0 Å². The molecule has 2 aromatic rings. The maximum atomic E-state index is 12.2. The maximum Gasteiger partial charge on any atom is 0.225 e. The first-order valence-electron chi connectivity index (χ1n) is 7.97. The van der Waals surface area contributed by atoms with Crippen LogP contribution in [0.25, 0.3) is 0 Å². The zero-order valence-corrected chi connectivity index (χ0v) is 15.5. The third-order valence-corrected chi connectivity index (χ3v) is 5.04. The van der Waals surface area contributed by atoms with E-state index in [4.69, 9.17) is 0 Å². The molecule has 134 valence electrons. The molecular weight excluding hydrogens is 338 g/mol. The average molecular weight is 361 g/mol. The molecule has 2 rings (SSSR count). The summed E-state index contributed by atoms with van der Waals surface area (Å²) in [6.45, 7) is 4.23. The molecule has 0 saturated heterocycles. The van der Waals surface area contributed by atoms with Crippen LogP contribution >= 0.6 is 0 Å². The second kappa shape index (κ2) is 8.22. The molecule has 25 heavy (non-hydrogen) atoms. The van der Waals surface area contributed by atoms with Gasteiger partial charge in [-0.25, -0.2) is 8.42 Å². The Morgan fingerprint density at radius 3 is 2.60 bits per heavy atom. The Labute approximate surface area is 148 Å². The Morgan fingerprint density at radius 1 is 1.24 bits per heavy atom. The molecule has 1 N–H and O–H groups in total. The van der Waals surface area contributed by atoms with Crippen LogP contribution in [0.15, 0.2) is 42.7 Å². The Bertz CT molecular complexity index is 836. The van der Waals surface area contributed by atoms with Crippen LogP contribution in [-0.2, 0) is 21.4 Å². The lowest BCUT2D eigenvalue weighted by Gasteiger charge is -2.19. The number of aromatic nitrogens is 1. The van der Waals surface area contributed by atoms with E-state index in [2.05, 4.69) is 10.3 Å². The van der Waals surface area contributed by atoms with Crippen LogP contribution in [0.2, 0.25) is 0 Å². The molecule has 0 unspecified atom stereocenters. The van der Waals surface area contributed by atoms with Crippen molar-refractivity contribution in [2.75, 3.05) is 18.1 Å². The zero-order chi connectivity index (χ0) is 18.4. The van der Waals surface area contributed by atoms with E-state index in [1.54, 1.807) is 24.5 Å². The van der Waals surface area contributed by atoms with Gasteiger partial charge >= 0.3 is 0 Å². The van der Waals surface area contributed by atoms with Crippen molar-refractivity contribution in [3.63, 3.8) is 0 Å². The fourth-order valence-corrected chi connectivity index (χ4v) is 3.26. The van der Waals surface area contributed by atoms with Crippen molar-refractivity contribution in [2.45, 2.75) is 26.8 Å². The Kier molecular flexibility index (Phi) is 6.27. The summed E-state index contributed by atoms with van der Waals surface area (Å²) < 4.78 is 25.2. The molecule has 0 saturated carbocycles. The van der Waals surface area contributed by atoms with Gasteiger partial charge in [0.15, 0.2) is 0 Å². The molecule has 1 amide bonds. The van der Waals surface area contributed by atoms with E-state index >= 15 is 0 Å². The predicted octanol–water partition coefficient (Wildman–Crippen LogP) is 2.49. The minimum atomic E-state index is -3.42. The lowest BCUT2D eigenvalue weighted by Crippen LogP contribution is -2.32. The summed E-state index contributed by atoms with van der Waals surface area (Å²) in [5, 5.41) is 2.84. The molecule has 1 aromatic heterocycles. The van der Waals surface area contributed by atoms with Gasteiger partial charge in [0, 0.05) is 37.6 Å². The SMILES string of the molecule is Cc1ccc(NC(=O)CCN(Cc2cccnc2)S(C)(=O)=O)c(C)c1. The van der Waals surface area contributed by atoms with Crippen LogP contribution < -0.4 is 5.32 Å². The van der Waals surface area contributed by atoms with Crippen LogP contribution in [0.4, 0.5) is 5.69 Å². The van der Waals surface area contributed by atoms with Crippen molar-refractivity contribution in [1.82, 2.24) is 9.29 Å². The van der Waals surface area contributed by atoms with Crippen molar-refractivity contribution in [2.24, 2.45) is 0 Å². The molecule has 0 atom stereocenters. The van der Waals surface area contributed by atoms with Crippen LogP contribution in [0, 0.1) is 13.8 Å². The summed E-state index contributed by atoms with van der Waals surface area (Å²) in [5.74, 6) is -0.216. The van der Waals surface area contributed by atoms with Gasteiger partial charge < -0.3 is 5.32 Å². The highest BCUT2D eigenvalue weighted by atomic mass is 32.2. The number of carbonyl (C=O) groups excluding carboxylic acids is 1. The average Bonchev–Trinajstić information content (AvgIpc) is 2.54. The number of anilines is 1. The number of nitrogens with one attached hydrogen (secondary N) is 1. The molecule has 1 heterocycles. The number of sulfonamides is 1. The maximum absolute atomic E-state index is 12.2. The van der Waals surface area contributed by atoms with E-state index < -0.39 is 10.0 Å². The summed E-state index contributed by atoms with van der Waals surface area (Å²) in [7, 11) is -3.42. The molecular formula is C18H23N3O3S. The summed E-state index contributed by atoms with van der Waals surface area (Å²) in [6.07, 6.45) is 4.48. The van der Waals surface area contributed by atoms with Gasteiger partial charge in [0.1, 0.15) is 0 Å². The molecule has 0 fully saturated rings. The Hall–Kier alpha value is -2.25. The molecule has 6 nitrogen and oxygen atoms in total. The Morgan fingerprint density at radius 2 is 2.00 bits per heavy atom. The van der Waals surface area contributed by atoms with Gasteiger partial charge in [-0.3, -0.25) is 9.78 Å². The van der Waals surface area contributed by atoms with Gasteiger partial charge in [-0.1, -0.05) is 23.8 Å². The van der Waals surface area contributed by atoms with E-state index in [0.29, 0.717) is 0 Å². The zero-order valence-electron chi connectivity index (χ0n) is 14.7. The van der Waals surface area contributed by atoms with Crippen LogP contribution in [0.3, 0.4) is 0 Å². The predicted molar refractivity (Wildman–Crippen MR) is 98.7 cm³/mol. The molecule has 0 aliphatic heterocycles. The van der Waals surface area contributed by atoms with Crippen molar-refractivity contribution < 1.29 is 13.2 Å². The smallest absolute Gasteiger partial charge is 0.225 e. The molecule has 7 heteroatoms. The Balaban J connectivity index is 1.99. The minimum Gasteiger partial charge on any atom is -0.326 e. The number of amides is 1. The number of hydrogen-bond acceptors (Lipinski definition) is 4. The molecule has 0 spiro atoms. The van der Waals surface area contributed by atoms with Crippen molar-refractivity contribution in [1.29, 1.82) is 0 Å². The highest BCUT2D eigenvalue weighted by Crippen LogP contribution is 2.16. The number of benzene rings is 1. The fraction of sp³-hybridized carbons (Fsp3) is 0.333. The monoisotopic (exact) mass is 361 g/mol. The number of pyridine rings is 1. The lowest BCUT2D eigenvalue weighted by atomic mass is 10.1. The number of nitrogens with zero attached hydrogens (tertiary/aromatic N) is 2. The quantitative estimate of drug-likeness (QED) is 0.822. The molecule has 0 radical (unpaired) electrons. The lowest BCUT2D eigenvalue weighted by molar-refractivity contribution is -0.116. The standard InChI is InChI=1S/C18H23N3O3S/c1-14-6-7-17(15(2)11-14)20-18(22)8-10-21(25(3,23)24)13-16-5-4-9-19-12-16/h4-7,9,11-12H,8,10,13H2,1-3H3,(H,20,22). The first kappa shape index (κ1) is 19.1. The third-order valence-electron chi connectivity index (χ3n) is 3.80. The first-order chi connectivity index (χ1) is 11.8. The summed E-state index contributed by atoms with van der Waals surface area (Å²) in [6, 6.07) is 9.32. The first-order valence-corrected chi connectivity index (χ1v) is 9.81. The van der Waals surface area contributed by atoms with E-state index in [9.17, 15) is 13.2 Å². The minimum absolute atomic E-state index is 0.0840. The summed E-state index contributed by atoms with van der Waals surface area (Å²) >= 11 is 0. The largest absolute Gasteiger partial charge is 0.326 e. The normalized spacial score (nSPS) is 11.5. The van der Waals surface area contributed by atoms with Gasteiger partial charge in [-0.2, -0.15) is 4.31 Å². The number of aryl methyl sites for hydroxylation is 2. The number of rotatable bonds is 7. The second-order valence-electron chi connectivity index (χ2n) is 6.07. The number of carbonyl (C=O) groups is 1. The van der Waals surface area contributed by atoms with Crippen molar-refractivity contribution in [3.05, 3.63) is 59.4 Å². The van der Waals surface area contributed by atoms with E-state index in [1.807, 2.05) is 32.0 Å². The topological polar surface area (TPSA) is 79.4 Å². The van der Waals surface area contributed by atoms with Crippen LogP contribution in [0.1, 0.15) is 23.1 Å². The molecule has 1 aromatic carbocycles. The molecule has 0 aliphatic carbocycles. The van der Waals surface area contributed by atoms with Gasteiger partial charge in [-0.05, 0) is 37.1 Å². The van der Waals surface area contributed by atoms with E-state index in [1.165, 1.54) is 4.31 Å². The van der Waals surface area contributed by atoms with E-state index in [0.717, 1.165) is 28.6 Å².